The van der Waals surface area contributed by atoms with Gasteiger partial charge in [-0.25, -0.2) is 14.4 Å². The van der Waals surface area contributed by atoms with E-state index < -0.39 is 5.82 Å². The fourth-order valence-electron chi connectivity index (χ4n) is 4.78. The van der Waals surface area contributed by atoms with Crippen molar-refractivity contribution in [2.45, 2.75) is 45.6 Å². The number of hydrogen-bond donors (Lipinski definition) is 1. The number of fused-ring (bicyclic) bond motifs is 3. The first kappa shape index (κ1) is 25.4. The number of anilines is 2. The maximum Gasteiger partial charge on any atom is 0.223 e. The molecule has 0 saturated carbocycles. The summed E-state index contributed by atoms with van der Waals surface area (Å²) < 4.78 is 23.0. The number of halogens is 1. The summed E-state index contributed by atoms with van der Waals surface area (Å²) in [6.45, 7) is 14.2. The van der Waals surface area contributed by atoms with E-state index in [0.717, 1.165) is 30.9 Å². The van der Waals surface area contributed by atoms with E-state index in [2.05, 4.69) is 35.0 Å². The van der Waals surface area contributed by atoms with Gasteiger partial charge in [0.1, 0.15) is 0 Å². The van der Waals surface area contributed by atoms with E-state index in [1.807, 2.05) is 25.5 Å². The number of benzene rings is 1. The summed E-state index contributed by atoms with van der Waals surface area (Å²) in [4.78, 5) is 11.6. The Morgan fingerprint density at radius 3 is 2.60 bits per heavy atom. The molecule has 1 saturated heterocycles. The summed E-state index contributed by atoms with van der Waals surface area (Å²) in [5.41, 5.74) is 8.92. The molecule has 0 radical (unpaired) electrons. The molecule has 9 nitrogen and oxygen atoms in total. The van der Waals surface area contributed by atoms with E-state index in [4.69, 9.17) is 20.6 Å². The molecule has 1 fully saturated rings. The van der Waals surface area contributed by atoms with Crippen LogP contribution in [0.3, 0.4) is 0 Å². The molecule has 35 heavy (non-hydrogen) atoms. The summed E-state index contributed by atoms with van der Waals surface area (Å²) in [6.07, 6.45) is 3.01. The van der Waals surface area contributed by atoms with Crippen LogP contribution < -0.4 is 15.4 Å². The Bertz CT molecular complexity index is 1390. The minimum atomic E-state index is -0.480. The van der Waals surface area contributed by atoms with Gasteiger partial charge < -0.3 is 22.3 Å². The predicted molar refractivity (Wildman–Crippen MR) is 130 cm³/mol. The Hall–Kier alpha value is -2.74. The van der Waals surface area contributed by atoms with Crippen molar-refractivity contribution < 1.29 is 30.2 Å². The largest absolute Gasteiger partial charge is 0.494 e. The maximum absolute atomic E-state index is 14.5. The van der Waals surface area contributed by atoms with Gasteiger partial charge in [0.15, 0.2) is 23.0 Å². The number of aromatic nitrogens is 6. The smallest absolute Gasteiger partial charge is 0.223 e. The predicted octanol–water partition coefficient (Wildman–Crippen LogP) is 3.71. The maximum atomic E-state index is 14.5. The second-order valence-electron chi connectivity index (χ2n) is 9.98. The Labute approximate surface area is 218 Å². The van der Waals surface area contributed by atoms with Crippen LogP contribution >= 0.6 is 0 Å². The van der Waals surface area contributed by atoms with Crippen molar-refractivity contribution in [3.8, 4) is 5.75 Å². The van der Waals surface area contributed by atoms with Gasteiger partial charge in [-0.1, -0.05) is 26.3 Å². The van der Waals surface area contributed by atoms with E-state index in [9.17, 15) is 4.39 Å². The Balaban J connectivity index is 0.00000289. The number of hydrogen-bond acceptors (Lipinski definition) is 7. The topological polar surface area (TPSA) is 99.4 Å². The molecule has 186 valence electrons. The molecule has 4 aromatic rings. The first-order chi connectivity index (χ1) is 16.0. The van der Waals surface area contributed by atoms with Crippen molar-refractivity contribution in [1.82, 2.24) is 29.4 Å². The van der Waals surface area contributed by atoms with E-state index in [1.54, 1.807) is 0 Å². The van der Waals surface area contributed by atoms with Gasteiger partial charge >= 0.3 is 0 Å². The SMILES string of the molecule is [CH2-]C(C)(C)n1cc(N2C[C@H](C)C[C@@H](c3nc4c5cc(F)c(OC)cc5nc(N)n4n3)C2)c(C)n1.[Mo]. The number of rotatable bonds is 4. The van der Waals surface area contributed by atoms with Crippen molar-refractivity contribution in [2.24, 2.45) is 5.92 Å². The summed E-state index contributed by atoms with van der Waals surface area (Å²) in [5.74, 6) is 1.01. The van der Waals surface area contributed by atoms with E-state index >= 15 is 0 Å². The number of nitrogens with two attached hydrogens (primary N) is 1. The van der Waals surface area contributed by atoms with Crippen LogP contribution in [0.4, 0.5) is 16.0 Å². The Morgan fingerprint density at radius 2 is 1.94 bits per heavy atom. The molecule has 0 spiro atoms. The average molecular weight is 561 g/mol. The molecule has 1 aliphatic heterocycles. The molecule has 1 aliphatic rings. The molecular weight excluding hydrogens is 531 g/mol. The molecule has 5 rings (SSSR count). The van der Waals surface area contributed by atoms with Crippen molar-refractivity contribution in [2.75, 3.05) is 30.8 Å². The second kappa shape index (κ2) is 9.04. The zero-order valence-corrected chi connectivity index (χ0v) is 22.6. The van der Waals surface area contributed by atoms with Crippen LogP contribution in [0.15, 0.2) is 18.3 Å². The number of piperidine rings is 1. The summed E-state index contributed by atoms with van der Waals surface area (Å²) in [7, 11) is 1.42. The Morgan fingerprint density at radius 1 is 1.20 bits per heavy atom. The molecule has 2 atom stereocenters. The van der Waals surface area contributed by atoms with Crippen molar-refractivity contribution in [3.05, 3.63) is 42.6 Å². The molecule has 0 bridgehead atoms. The molecule has 1 aromatic carbocycles. The first-order valence-electron chi connectivity index (χ1n) is 11.4. The average Bonchev–Trinajstić information content (AvgIpc) is 3.38. The first-order valence-corrected chi connectivity index (χ1v) is 11.4. The minimum Gasteiger partial charge on any atom is -0.494 e. The number of methoxy groups -OCH3 is 1. The van der Waals surface area contributed by atoms with Crippen molar-refractivity contribution in [3.63, 3.8) is 0 Å². The van der Waals surface area contributed by atoms with E-state index in [-0.39, 0.29) is 44.2 Å². The summed E-state index contributed by atoms with van der Waals surface area (Å²) in [5, 5.41) is 9.93. The van der Waals surface area contributed by atoms with Crippen molar-refractivity contribution >= 4 is 28.2 Å². The number of aryl methyl sites for hydroxylation is 1. The van der Waals surface area contributed by atoms with Crippen LogP contribution in [-0.2, 0) is 26.6 Å². The quantitative estimate of drug-likeness (QED) is 0.300. The minimum absolute atomic E-state index is 0. The van der Waals surface area contributed by atoms with Gasteiger partial charge in [-0.05, 0) is 25.3 Å². The third-order valence-electron chi connectivity index (χ3n) is 6.45. The zero-order valence-electron chi connectivity index (χ0n) is 20.6. The Kier molecular flexibility index (Phi) is 6.55. The molecular formula is C24H30FMoN8O-. The third-order valence-corrected chi connectivity index (χ3v) is 6.45. The van der Waals surface area contributed by atoms with Gasteiger partial charge in [-0.3, -0.25) is 4.68 Å². The number of nitrogens with zero attached hydrogens (tertiary/aromatic N) is 7. The second-order valence-corrected chi connectivity index (χ2v) is 9.98. The van der Waals surface area contributed by atoms with Gasteiger partial charge in [0.05, 0.1) is 24.0 Å². The molecule has 2 N–H and O–H groups in total. The molecule has 11 heteroatoms. The summed E-state index contributed by atoms with van der Waals surface area (Å²) in [6, 6.07) is 2.91. The van der Waals surface area contributed by atoms with Crippen LogP contribution in [0.1, 0.15) is 44.6 Å². The molecule has 0 amide bonds. The fourth-order valence-corrected chi connectivity index (χ4v) is 4.78. The number of ether oxygens (including phenoxy) is 1. The van der Waals surface area contributed by atoms with Crippen LogP contribution in [0.25, 0.3) is 16.6 Å². The normalized spacial score (nSPS) is 18.8. The standard InChI is InChI=1S/C24H30FN8O.Mo/c1-13-7-15(11-31(10-13)19-12-32(24(3,4)5)29-14(19)2)21-28-22-16-8-17(25)20(34-6)9-18(16)27-23(26)33(22)30-21;/h8-9,12-13,15H,3,7,10-11H2,1-2,4-6H3,(H2,26,27);/q-1;/t13-,15-;/m1./s1. The molecule has 0 aliphatic carbocycles. The van der Waals surface area contributed by atoms with Gasteiger partial charge in [-0.15, -0.1) is 5.10 Å². The molecule has 3 aromatic heterocycles. The molecule has 0 unspecified atom stereocenters. The van der Waals surface area contributed by atoms with Gasteiger partial charge in [0, 0.05) is 57.7 Å². The van der Waals surface area contributed by atoms with E-state index in [1.165, 1.54) is 23.8 Å². The summed E-state index contributed by atoms with van der Waals surface area (Å²) >= 11 is 0. The van der Waals surface area contributed by atoms with Crippen molar-refractivity contribution in [1.29, 1.82) is 0 Å². The van der Waals surface area contributed by atoms with Crippen LogP contribution in [0, 0.1) is 25.6 Å². The van der Waals surface area contributed by atoms with Crippen LogP contribution in [0.2, 0.25) is 0 Å². The van der Waals surface area contributed by atoms with Gasteiger partial charge in [0.25, 0.3) is 0 Å². The van der Waals surface area contributed by atoms with Gasteiger partial charge in [0.2, 0.25) is 5.95 Å². The fraction of sp³-hybridized carbons (Fsp3) is 0.458. The third kappa shape index (κ3) is 4.48. The van der Waals surface area contributed by atoms with Crippen LogP contribution in [0.5, 0.6) is 5.75 Å². The van der Waals surface area contributed by atoms with Crippen LogP contribution in [-0.4, -0.2) is 49.6 Å². The monoisotopic (exact) mass is 563 g/mol. The van der Waals surface area contributed by atoms with Gasteiger partial charge in [-0.2, -0.15) is 9.61 Å². The molecule has 4 heterocycles. The zero-order chi connectivity index (χ0) is 24.4. The number of nitrogen functional groups attached to an aromatic ring is 1. The van der Waals surface area contributed by atoms with E-state index in [0.29, 0.717) is 28.3 Å².